The highest BCUT2D eigenvalue weighted by atomic mass is 35.5. The zero-order valence-corrected chi connectivity index (χ0v) is 13.8. The topological polar surface area (TPSA) is 78.3 Å². The molecule has 0 saturated heterocycles. The van der Waals surface area contributed by atoms with E-state index in [0.29, 0.717) is 37.2 Å². The number of aromatic nitrogens is 3. The third-order valence-corrected chi connectivity index (χ3v) is 3.26. The fourth-order valence-electron chi connectivity index (χ4n) is 1.87. The summed E-state index contributed by atoms with van der Waals surface area (Å²) in [7, 11) is 1.61. The molecular weight excluding hydrogens is 320 g/mol. The Labute approximate surface area is 139 Å². The van der Waals surface area contributed by atoms with Gasteiger partial charge in [-0.25, -0.2) is 9.67 Å². The maximum atomic E-state index is 12.0. The van der Waals surface area contributed by atoms with Crippen molar-refractivity contribution in [1.29, 1.82) is 0 Å². The number of methoxy groups -OCH3 is 1. The van der Waals surface area contributed by atoms with Crippen LogP contribution in [0.3, 0.4) is 0 Å². The van der Waals surface area contributed by atoms with Crippen molar-refractivity contribution in [2.75, 3.05) is 33.5 Å². The molecule has 2 aromatic rings. The maximum Gasteiger partial charge on any atom is 0.291 e. The molecule has 0 fully saturated rings. The SMILES string of the molecule is COCCOCCNC(=O)c1nc(C)n(-c2ccc(Cl)cc2)n1. The number of carbonyl (C=O) groups is 1. The predicted molar refractivity (Wildman–Crippen MR) is 86.1 cm³/mol. The molecule has 124 valence electrons. The molecule has 1 aromatic heterocycles. The minimum absolute atomic E-state index is 0.120. The van der Waals surface area contributed by atoms with Gasteiger partial charge in [0.05, 0.1) is 25.5 Å². The molecule has 7 nitrogen and oxygen atoms in total. The third-order valence-electron chi connectivity index (χ3n) is 3.01. The van der Waals surface area contributed by atoms with E-state index in [1.54, 1.807) is 30.8 Å². The summed E-state index contributed by atoms with van der Waals surface area (Å²) in [4.78, 5) is 16.2. The Balaban J connectivity index is 1.92. The van der Waals surface area contributed by atoms with E-state index in [9.17, 15) is 4.79 Å². The summed E-state index contributed by atoms with van der Waals surface area (Å²) in [5.41, 5.74) is 0.793. The van der Waals surface area contributed by atoms with E-state index in [-0.39, 0.29) is 11.7 Å². The lowest BCUT2D eigenvalue weighted by atomic mass is 10.3. The number of rotatable bonds is 8. The molecule has 0 radical (unpaired) electrons. The van der Waals surface area contributed by atoms with Crippen molar-refractivity contribution in [1.82, 2.24) is 20.1 Å². The maximum absolute atomic E-state index is 12.0. The quantitative estimate of drug-likeness (QED) is 0.740. The van der Waals surface area contributed by atoms with E-state index in [1.807, 2.05) is 12.1 Å². The third kappa shape index (κ3) is 5.02. The van der Waals surface area contributed by atoms with Crippen molar-refractivity contribution >= 4 is 17.5 Å². The number of nitrogens with one attached hydrogen (secondary N) is 1. The summed E-state index contributed by atoms with van der Waals surface area (Å²) in [6.45, 7) is 3.60. The van der Waals surface area contributed by atoms with Gasteiger partial charge in [0.25, 0.3) is 5.91 Å². The second kappa shape index (κ2) is 8.61. The largest absolute Gasteiger partial charge is 0.382 e. The van der Waals surface area contributed by atoms with Crippen LogP contribution in [-0.2, 0) is 9.47 Å². The molecule has 0 aliphatic rings. The average molecular weight is 339 g/mol. The fraction of sp³-hybridized carbons (Fsp3) is 0.400. The van der Waals surface area contributed by atoms with Gasteiger partial charge in [0.2, 0.25) is 5.82 Å². The average Bonchev–Trinajstić information content (AvgIpc) is 2.93. The van der Waals surface area contributed by atoms with E-state index in [4.69, 9.17) is 21.1 Å². The number of amides is 1. The molecule has 0 saturated carbocycles. The lowest BCUT2D eigenvalue weighted by Crippen LogP contribution is -2.28. The molecule has 1 aromatic carbocycles. The Hall–Kier alpha value is -1.96. The van der Waals surface area contributed by atoms with Gasteiger partial charge in [0.1, 0.15) is 5.82 Å². The van der Waals surface area contributed by atoms with Crippen molar-refractivity contribution in [2.45, 2.75) is 6.92 Å². The van der Waals surface area contributed by atoms with Crippen molar-refractivity contribution < 1.29 is 14.3 Å². The highest BCUT2D eigenvalue weighted by molar-refractivity contribution is 6.30. The van der Waals surface area contributed by atoms with Crippen LogP contribution in [0.25, 0.3) is 5.69 Å². The zero-order chi connectivity index (χ0) is 16.7. The normalized spacial score (nSPS) is 10.7. The Morgan fingerprint density at radius 1 is 1.26 bits per heavy atom. The van der Waals surface area contributed by atoms with Crippen LogP contribution >= 0.6 is 11.6 Å². The molecule has 1 amide bonds. The second-order valence-corrected chi connectivity index (χ2v) is 5.17. The van der Waals surface area contributed by atoms with Crippen LogP contribution in [-0.4, -0.2) is 54.1 Å². The van der Waals surface area contributed by atoms with Crippen molar-refractivity contribution in [2.24, 2.45) is 0 Å². The molecular formula is C15H19ClN4O3. The van der Waals surface area contributed by atoms with Crippen LogP contribution in [0.5, 0.6) is 0 Å². The minimum Gasteiger partial charge on any atom is -0.382 e. The Morgan fingerprint density at radius 3 is 2.70 bits per heavy atom. The number of benzene rings is 1. The Bertz CT molecular complexity index is 643. The standard InChI is InChI=1S/C15H19ClN4O3/c1-11-18-14(15(21)17-7-8-23-10-9-22-2)19-20(11)13-5-3-12(16)4-6-13/h3-6H,7-10H2,1-2H3,(H,17,21). The smallest absolute Gasteiger partial charge is 0.291 e. The van der Waals surface area contributed by atoms with Gasteiger partial charge < -0.3 is 14.8 Å². The number of halogens is 1. The molecule has 0 aliphatic heterocycles. The Kier molecular flexibility index (Phi) is 6.52. The summed E-state index contributed by atoms with van der Waals surface area (Å²) in [5.74, 6) is 0.402. The van der Waals surface area contributed by atoms with Gasteiger partial charge in [0.15, 0.2) is 0 Å². The molecule has 0 atom stereocenters. The van der Waals surface area contributed by atoms with Crippen molar-refractivity contribution in [3.05, 3.63) is 40.9 Å². The summed E-state index contributed by atoms with van der Waals surface area (Å²) < 4.78 is 11.7. The van der Waals surface area contributed by atoms with Crippen LogP contribution in [0.1, 0.15) is 16.4 Å². The van der Waals surface area contributed by atoms with E-state index >= 15 is 0 Å². The first-order valence-corrected chi connectivity index (χ1v) is 7.54. The Morgan fingerprint density at radius 2 is 2.00 bits per heavy atom. The van der Waals surface area contributed by atoms with Gasteiger partial charge in [-0.1, -0.05) is 11.6 Å². The van der Waals surface area contributed by atoms with E-state index in [0.717, 1.165) is 5.69 Å². The van der Waals surface area contributed by atoms with E-state index in [1.165, 1.54) is 0 Å². The number of carbonyl (C=O) groups excluding carboxylic acids is 1. The van der Waals surface area contributed by atoms with Crippen LogP contribution in [0, 0.1) is 6.92 Å². The van der Waals surface area contributed by atoms with Gasteiger partial charge in [0, 0.05) is 18.7 Å². The first-order chi connectivity index (χ1) is 11.1. The number of ether oxygens (including phenoxy) is 2. The first-order valence-electron chi connectivity index (χ1n) is 7.16. The molecule has 0 aliphatic carbocycles. The molecule has 0 bridgehead atoms. The monoisotopic (exact) mass is 338 g/mol. The first kappa shape index (κ1) is 17.4. The van der Waals surface area contributed by atoms with Crippen molar-refractivity contribution in [3.8, 4) is 5.69 Å². The highest BCUT2D eigenvalue weighted by Gasteiger charge is 2.14. The summed E-state index contributed by atoms with van der Waals surface area (Å²) in [5, 5.41) is 7.58. The lowest BCUT2D eigenvalue weighted by molar-refractivity contribution is 0.0690. The number of hydrogen-bond acceptors (Lipinski definition) is 5. The number of nitrogens with zero attached hydrogens (tertiary/aromatic N) is 3. The highest BCUT2D eigenvalue weighted by Crippen LogP contribution is 2.14. The van der Waals surface area contributed by atoms with Gasteiger partial charge in [-0.3, -0.25) is 4.79 Å². The number of hydrogen-bond donors (Lipinski definition) is 1. The zero-order valence-electron chi connectivity index (χ0n) is 13.1. The summed E-state index contributed by atoms with van der Waals surface area (Å²) in [6.07, 6.45) is 0. The molecule has 2 rings (SSSR count). The van der Waals surface area contributed by atoms with Gasteiger partial charge in [-0.15, -0.1) is 5.10 Å². The fourth-order valence-corrected chi connectivity index (χ4v) is 2.00. The van der Waals surface area contributed by atoms with Crippen LogP contribution < -0.4 is 5.32 Å². The summed E-state index contributed by atoms with van der Waals surface area (Å²) in [6, 6.07) is 7.15. The van der Waals surface area contributed by atoms with Crippen LogP contribution in [0.15, 0.2) is 24.3 Å². The lowest BCUT2D eigenvalue weighted by Gasteiger charge is -2.04. The molecule has 8 heteroatoms. The molecule has 1 heterocycles. The number of aryl methyl sites for hydroxylation is 1. The van der Waals surface area contributed by atoms with E-state index in [2.05, 4.69) is 15.4 Å². The van der Waals surface area contributed by atoms with Gasteiger partial charge in [-0.2, -0.15) is 0 Å². The second-order valence-electron chi connectivity index (χ2n) is 4.73. The van der Waals surface area contributed by atoms with Crippen LogP contribution in [0.4, 0.5) is 0 Å². The molecule has 0 unspecified atom stereocenters. The molecule has 1 N–H and O–H groups in total. The summed E-state index contributed by atoms with van der Waals surface area (Å²) >= 11 is 5.87. The van der Waals surface area contributed by atoms with Gasteiger partial charge >= 0.3 is 0 Å². The van der Waals surface area contributed by atoms with Crippen LogP contribution in [0.2, 0.25) is 5.02 Å². The molecule has 0 spiro atoms. The van der Waals surface area contributed by atoms with E-state index < -0.39 is 0 Å². The van der Waals surface area contributed by atoms with Crippen molar-refractivity contribution in [3.63, 3.8) is 0 Å². The van der Waals surface area contributed by atoms with Gasteiger partial charge in [-0.05, 0) is 31.2 Å². The molecule has 23 heavy (non-hydrogen) atoms. The predicted octanol–water partition coefficient (Wildman–Crippen LogP) is 1.62. The minimum atomic E-state index is -0.337.